The topological polar surface area (TPSA) is 87.9 Å². The first kappa shape index (κ1) is 22.9. The molecule has 31 heavy (non-hydrogen) atoms. The normalized spacial score (nSPS) is 15.6. The highest BCUT2D eigenvalue weighted by Gasteiger charge is 2.33. The summed E-state index contributed by atoms with van der Waals surface area (Å²) in [4.78, 5) is 16.6. The third kappa shape index (κ3) is 6.85. The molecule has 0 spiro atoms. The van der Waals surface area contributed by atoms with E-state index in [0.717, 1.165) is 43.4 Å². The summed E-state index contributed by atoms with van der Waals surface area (Å²) < 4.78 is 10.8. The summed E-state index contributed by atoms with van der Waals surface area (Å²) in [7, 11) is 1.79. The molecule has 168 valence electrons. The van der Waals surface area contributed by atoms with Crippen molar-refractivity contribution in [2.45, 2.75) is 45.6 Å². The van der Waals surface area contributed by atoms with Crippen LogP contribution in [-0.2, 0) is 11.3 Å². The van der Waals surface area contributed by atoms with Crippen LogP contribution >= 0.6 is 0 Å². The number of rotatable bonds is 10. The molecular weight excluding hydrogens is 392 g/mol. The molecule has 1 aromatic heterocycles. The minimum absolute atomic E-state index is 0.263. The summed E-state index contributed by atoms with van der Waals surface area (Å²) in [5.74, 6) is 0.813. The molecule has 7 nitrogen and oxygen atoms in total. The summed E-state index contributed by atoms with van der Waals surface area (Å²) in [5.41, 5.74) is 2.07. The van der Waals surface area contributed by atoms with Crippen molar-refractivity contribution >= 4 is 17.6 Å². The van der Waals surface area contributed by atoms with Gasteiger partial charge in [-0.1, -0.05) is 25.0 Å². The highest BCUT2D eigenvalue weighted by atomic mass is 16.5. The maximum absolute atomic E-state index is 12.2. The Kier molecular flexibility index (Phi) is 8.53. The number of aliphatic imine (C=N–C) groups is 1. The van der Waals surface area contributed by atoms with Gasteiger partial charge in [0.2, 0.25) is 0 Å². The van der Waals surface area contributed by atoms with Gasteiger partial charge in [0.05, 0.1) is 6.26 Å². The van der Waals surface area contributed by atoms with Crippen LogP contribution in [0.15, 0.2) is 52.1 Å². The SMILES string of the molecule is CCOCCC1(CNC(=NC)NCc2cccc(NC(=O)c3ccco3)c2)CCCC1. The van der Waals surface area contributed by atoms with E-state index in [-0.39, 0.29) is 5.91 Å². The fraction of sp³-hybridized carbons (Fsp3) is 0.500. The summed E-state index contributed by atoms with van der Waals surface area (Å²) >= 11 is 0. The first-order valence-electron chi connectivity index (χ1n) is 11.1. The van der Waals surface area contributed by atoms with E-state index in [9.17, 15) is 4.79 Å². The Labute approximate surface area is 184 Å². The van der Waals surface area contributed by atoms with E-state index >= 15 is 0 Å². The maximum Gasteiger partial charge on any atom is 0.291 e. The molecule has 3 N–H and O–H groups in total. The van der Waals surface area contributed by atoms with Gasteiger partial charge in [0.25, 0.3) is 5.91 Å². The highest BCUT2D eigenvalue weighted by molar-refractivity contribution is 6.02. The molecule has 0 unspecified atom stereocenters. The van der Waals surface area contributed by atoms with Gasteiger partial charge < -0.3 is 25.1 Å². The van der Waals surface area contributed by atoms with Gasteiger partial charge in [0, 0.05) is 39.0 Å². The molecule has 2 aromatic rings. The van der Waals surface area contributed by atoms with Crippen LogP contribution in [0.3, 0.4) is 0 Å². The predicted molar refractivity (Wildman–Crippen MR) is 123 cm³/mol. The van der Waals surface area contributed by atoms with E-state index in [1.807, 2.05) is 31.2 Å². The molecule has 1 heterocycles. The second-order valence-electron chi connectivity index (χ2n) is 8.07. The van der Waals surface area contributed by atoms with Gasteiger partial charge in [-0.3, -0.25) is 9.79 Å². The number of guanidine groups is 1. The number of carbonyl (C=O) groups is 1. The van der Waals surface area contributed by atoms with E-state index in [0.29, 0.717) is 17.7 Å². The van der Waals surface area contributed by atoms with Crippen LogP contribution in [-0.4, -0.2) is 38.7 Å². The van der Waals surface area contributed by atoms with Crippen molar-refractivity contribution in [3.05, 3.63) is 54.0 Å². The van der Waals surface area contributed by atoms with Gasteiger partial charge in [-0.15, -0.1) is 0 Å². The summed E-state index contributed by atoms with van der Waals surface area (Å²) in [6, 6.07) is 11.1. The predicted octanol–water partition coefficient (Wildman–Crippen LogP) is 4.18. The van der Waals surface area contributed by atoms with Crippen LogP contribution in [0.4, 0.5) is 5.69 Å². The van der Waals surface area contributed by atoms with Crippen LogP contribution in [0, 0.1) is 5.41 Å². The molecule has 0 bridgehead atoms. The number of anilines is 1. The molecule has 1 saturated carbocycles. The summed E-state index contributed by atoms with van der Waals surface area (Å²) in [6.07, 6.45) is 7.62. The second-order valence-corrected chi connectivity index (χ2v) is 8.07. The lowest BCUT2D eigenvalue weighted by molar-refractivity contribution is 0.0996. The summed E-state index contributed by atoms with van der Waals surface area (Å²) in [5, 5.41) is 9.75. The number of hydrogen-bond donors (Lipinski definition) is 3. The van der Waals surface area contributed by atoms with Crippen LogP contribution < -0.4 is 16.0 Å². The quantitative estimate of drug-likeness (QED) is 0.301. The summed E-state index contributed by atoms with van der Waals surface area (Å²) in [6.45, 7) is 5.15. The number of carbonyl (C=O) groups excluding carboxylic acids is 1. The molecule has 1 fully saturated rings. The lowest BCUT2D eigenvalue weighted by Gasteiger charge is -2.30. The van der Waals surface area contributed by atoms with E-state index in [4.69, 9.17) is 9.15 Å². The number of nitrogens with zero attached hydrogens (tertiary/aromatic N) is 1. The largest absolute Gasteiger partial charge is 0.459 e. The average Bonchev–Trinajstić information content (AvgIpc) is 3.47. The Morgan fingerprint density at radius 1 is 1.19 bits per heavy atom. The lowest BCUT2D eigenvalue weighted by atomic mass is 9.83. The number of nitrogens with one attached hydrogen (secondary N) is 3. The zero-order valence-electron chi connectivity index (χ0n) is 18.6. The minimum atomic E-state index is -0.263. The van der Waals surface area contributed by atoms with Crippen molar-refractivity contribution in [1.29, 1.82) is 0 Å². The van der Waals surface area contributed by atoms with Crippen molar-refractivity contribution in [2.24, 2.45) is 10.4 Å². The Morgan fingerprint density at radius 2 is 2.03 bits per heavy atom. The van der Waals surface area contributed by atoms with Gasteiger partial charge in [-0.2, -0.15) is 0 Å². The molecule has 0 radical (unpaired) electrons. The van der Waals surface area contributed by atoms with Crippen molar-refractivity contribution in [3.63, 3.8) is 0 Å². The fourth-order valence-corrected chi connectivity index (χ4v) is 4.11. The number of hydrogen-bond acceptors (Lipinski definition) is 4. The van der Waals surface area contributed by atoms with Crippen LogP contribution in [0.1, 0.15) is 55.1 Å². The van der Waals surface area contributed by atoms with Crippen LogP contribution in [0.5, 0.6) is 0 Å². The number of furan rings is 1. The maximum atomic E-state index is 12.2. The lowest BCUT2D eigenvalue weighted by Crippen LogP contribution is -2.43. The first-order chi connectivity index (χ1) is 15.1. The zero-order valence-corrected chi connectivity index (χ0v) is 18.6. The van der Waals surface area contributed by atoms with E-state index < -0.39 is 0 Å². The van der Waals surface area contributed by atoms with Crippen molar-refractivity contribution in [1.82, 2.24) is 10.6 Å². The fourth-order valence-electron chi connectivity index (χ4n) is 4.11. The van der Waals surface area contributed by atoms with Crippen molar-refractivity contribution in [3.8, 4) is 0 Å². The Bertz CT molecular complexity index is 842. The van der Waals surface area contributed by atoms with E-state index in [2.05, 4.69) is 20.9 Å². The third-order valence-electron chi connectivity index (χ3n) is 5.89. The Hall–Kier alpha value is -2.80. The zero-order chi connectivity index (χ0) is 21.9. The van der Waals surface area contributed by atoms with Crippen molar-refractivity contribution < 1.29 is 13.9 Å². The van der Waals surface area contributed by atoms with Gasteiger partial charge in [-0.05, 0) is 61.4 Å². The molecule has 7 heteroatoms. The smallest absolute Gasteiger partial charge is 0.291 e. The molecule has 3 rings (SSSR count). The Morgan fingerprint density at radius 3 is 2.74 bits per heavy atom. The van der Waals surface area contributed by atoms with Crippen LogP contribution in [0.25, 0.3) is 0 Å². The monoisotopic (exact) mass is 426 g/mol. The van der Waals surface area contributed by atoms with E-state index in [1.54, 1.807) is 19.2 Å². The van der Waals surface area contributed by atoms with Gasteiger partial charge in [-0.25, -0.2) is 0 Å². The van der Waals surface area contributed by atoms with Gasteiger partial charge >= 0.3 is 0 Å². The van der Waals surface area contributed by atoms with E-state index in [1.165, 1.54) is 31.9 Å². The second kappa shape index (κ2) is 11.6. The minimum Gasteiger partial charge on any atom is -0.459 e. The molecule has 0 aliphatic heterocycles. The standard InChI is InChI=1S/C24H34N4O3/c1-3-30-15-13-24(11-4-5-12-24)18-27-23(25-2)26-17-19-8-6-9-20(16-19)28-22(29)21-10-7-14-31-21/h6-10,14,16H,3-5,11-13,15,17-18H2,1-2H3,(H,28,29)(H2,25,26,27). The van der Waals surface area contributed by atoms with Gasteiger partial charge in [0.15, 0.2) is 11.7 Å². The molecule has 1 aliphatic rings. The molecular formula is C24H34N4O3. The molecule has 0 atom stereocenters. The average molecular weight is 427 g/mol. The third-order valence-corrected chi connectivity index (χ3v) is 5.89. The Balaban J connectivity index is 1.50. The van der Waals surface area contributed by atoms with Crippen LogP contribution in [0.2, 0.25) is 0 Å². The molecule has 0 saturated heterocycles. The number of benzene rings is 1. The number of ether oxygens (including phenoxy) is 1. The van der Waals surface area contributed by atoms with Gasteiger partial charge in [0.1, 0.15) is 0 Å². The molecule has 1 aromatic carbocycles. The highest BCUT2D eigenvalue weighted by Crippen LogP contribution is 2.40. The first-order valence-corrected chi connectivity index (χ1v) is 11.1. The number of amides is 1. The molecule has 1 amide bonds. The molecule has 1 aliphatic carbocycles. The van der Waals surface area contributed by atoms with Crippen molar-refractivity contribution in [2.75, 3.05) is 32.1 Å².